The number of carbonyl (C=O) groups is 1. The third-order valence-corrected chi connectivity index (χ3v) is 9.39. The summed E-state index contributed by atoms with van der Waals surface area (Å²) >= 11 is 0. The summed E-state index contributed by atoms with van der Waals surface area (Å²) in [4.78, 5) is 16.8. The molecule has 272 valence electrons. The molecule has 0 saturated heterocycles. The van der Waals surface area contributed by atoms with E-state index in [1.807, 2.05) is 36.4 Å². The highest BCUT2D eigenvalue weighted by molar-refractivity contribution is 6.06. The lowest BCUT2D eigenvalue weighted by atomic mass is 9.82. The molecule has 2 aliphatic rings. The number of allylic oxidation sites excluding steroid dienone is 5. The standard InChI is InChI=1S/C43H49N3O6/c1-28(47)8-5-3-2-4-6-10-33(48)16-12-29-14-19-40(50)42(25-29)52-23-21-30-13-18-39(49)37(24-30)36-27-41(51)35-20-22-46-38(35)11-7-9-31-26-32(43(44)45)15-17-34(31)36/h6,10,13-15,17-20,22,24-26,28,36,43,47,49-51H,2-5,8,11-12,16,21,23,27,44-45H2,1H3/p-1. The molecule has 9 heteroatoms. The van der Waals surface area contributed by atoms with E-state index >= 15 is 0 Å². The van der Waals surface area contributed by atoms with Crippen LogP contribution in [-0.4, -0.2) is 39.5 Å². The minimum Gasteiger partial charge on any atom is -0.875 e. The normalized spacial score (nSPS) is 15.9. The van der Waals surface area contributed by atoms with Gasteiger partial charge in [0, 0.05) is 36.1 Å². The number of nitrogens with two attached hydrogens (primary N) is 2. The summed E-state index contributed by atoms with van der Waals surface area (Å²) < 4.78 is 6.01. The number of aliphatic imine (C=N–C) groups is 1. The van der Waals surface area contributed by atoms with Crippen molar-refractivity contribution in [1.82, 2.24) is 0 Å². The summed E-state index contributed by atoms with van der Waals surface area (Å²) in [7, 11) is 0. The second-order valence-electron chi connectivity index (χ2n) is 13.5. The topological polar surface area (TPSA) is 174 Å². The van der Waals surface area contributed by atoms with E-state index in [9.17, 15) is 25.2 Å². The molecule has 0 radical (unpaired) electrons. The van der Waals surface area contributed by atoms with Crippen LogP contribution in [-0.2, 0) is 17.6 Å². The minimum absolute atomic E-state index is 0.00707. The van der Waals surface area contributed by atoms with Crippen LogP contribution in [0.1, 0.15) is 104 Å². The van der Waals surface area contributed by atoms with Crippen molar-refractivity contribution in [2.75, 3.05) is 6.61 Å². The van der Waals surface area contributed by atoms with Gasteiger partial charge in [0.05, 0.1) is 31.0 Å². The first-order valence-electron chi connectivity index (χ1n) is 18.0. The SMILES string of the molecule is CC(O)CCCCCC=CC(=O)CCc1ccc(O)c(OCCc2ccc(O)c(C3CC([O-])=C4C=CN=C4CC#Cc4cc(C(N)N)ccc43)c2)c1. The van der Waals surface area contributed by atoms with Crippen LogP contribution >= 0.6 is 0 Å². The molecule has 0 fully saturated rings. The predicted molar refractivity (Wildman–Crippen MR) is 202 cm³/mol. The van der Waals surface area contributed by atoms with Crippen LogP contribution in [0.4, 0.5) is 0 Å². The number of aliphatic hydroxyl groups is 1. The fourth-order valence-electron chi connectivity index (χ4n) is 6.45. The van der Waals surface area contributed by atoms with Gasteiger partial charge in [0.15, 0.2) is 17.3 Å². The molecule has 3 aromatic carbocycles. The Morgan fingerprint density at radius 2 is 1.81 bits per heavy atom. The van der Waals surface area contributed by atoms with Crippen molar-refractivity contribution in [2.24, 2.45) is 16.5 Å². The Bertz CT molecular complexity index is 1930. The van der Waals surface area contributed by atoms with Crippen molar-refractivity contribution in [2.45, 2.75) is 89.3 Å². The second kappa shape index (κ2) is 18.4. The number of phenols is 2. The molecule has 0 spiro atoms. The zero-order chi connectivity index (χ0) is 37.0. The second-order valence-corrected chi connectivity index (χ2v) is 13.5. The van der Waals surface area contributed by atoms with E-state index in [4.69, 9.17) is 16.2 Å². The highest BCUT2D eigenvalue weighted by Gasteiger charge is 2.24. The average molecular weight is 703 g/mol. The number of hydrogen-bond acceptors (Lipinski definition) is 9. The number of unbranched alkanes of at least 4 members (excludes halogenated alkanes) is 3. The van der Waals surface area contributed by atoms with E-state index < -0.39 is 12.1 Å². The van der Waals surface area contributed by atoms with Crippen molar-refractivity contribution in [3.63, 3.8) is 0 Å². The fourth-order valence-corrected chi connectivity index (χ4v) is 6.45. The number of phenolic OH excluding ortho intramolecular Hbond substituents is 2. The van der Waals surface area contributed by atoms with Crippen LogP contribution in [0.5, 0.6) is 17.2 Å². The van der Waals surface area contributed by atoms with Crippen molar-refractivity contribution in [1.29, 1.82) is 0 Å². The first-order valence-corrected chi connectivity index (χ1v) is 18.0. The van der Waals surface area contributed by atoms with Gasteiger partial charge in [-0.15, -0.1) is 5.76 Å². The van der Waals surface area contributed by atoms with Gasteiger partial charge < -0.3 is 36.6 Å². The third-order valence-electron chi connectivity index (χ3n) is 9.39. The van der Waals surface area contributed by atoms with Gasteiger partial charge in [-0.2, -0.15) is 0 Å². The number of aromatic hydroxyl groups is 2. The van der Waals surface area contributed by atoms with Crippen LogP contribution in [0.25, 0.3) is 0 Å². The molecule has 0 saturated carbocycles. The lowest BCUT2D eigenvalue weighted by molar-refractivity contribution is -0.307. The Balaban J connectivity index is 1.25. The van der Waals surface area contributed by atoms with Crippen LogP contribution in [0.15, 0.2) is 95.3 Å². The van der Waals surface area contributed by atoms with E-state index in [1.54, 1.807) is 49.5 Å². The van der Waals surface area contributed by atoms with Gasteiger partial charge in [0.1, 0.15) is 5.75 Å². The van der Waals surface area contributed by atoms with Gasteiger partial charge in [0.2, 0.25) is 0 Å². The van der Waals surface area contributed by atoms with Crippen molar-refractivity contribution in [3.8, 4) is 29.1 Å². The number of carbonyl (C=O) groups excluding carboxylic acids is 1. The highest BCUT2D eigenvalue weighted by Crippen LogP contribution is 2.39. The van der Waals surface area contributed by atoms with Crippen LogP contribution < -0.4 is 21.3 Å². The van der Waals surface area contributed by atoms with Crippen LogP contribution in [0.3, 0.4) is 0 Å². The zero-order valence-corrected chi connectivity index (χ0v) is 29.7. The van der Waals surface area contributed by atoms with Crippen molar-refractivity contribution >= 4 is 11.5 Å². The first-order chi connectivity index (χ1) is 25.1. The molecule has 3 aromatic rings. The Morgan fingerprint density at radius 3 is 2.60 bits per heavy atom. The Hall–Kier alpha value is -5.14. The highest BCUT2D eigenvalue weighted by atomic mass is 16.5. The summed E-state index contributed by atoms with van der Waals surface area (Å²) in [6.07, 6.45) is 12.3. The summed E-state index contributed by atoms with van der Waals surface area (Å²) in [5, 5.41) is 44.6. The maximum atomic E-state index is 13.6. The summed E-state index contributed by atoms with van der Waals surface area (Å²) in [6.45, 7) is 2.04. The Morgan fingerprint density at radius 1 is 1.02 bits per heavy atom. The summed E-state index contributed by atoms with van der Waals surface area (Å²) in [5.74, 6) is 6.22. The van der Waals surface area contributed by atoms with Gasteiger partial charge in [-0.25, -0.2) is 0 Å². The monoisotopic (exact) mass is 702 g/mol. The minimum atomic E-state index is -0.694. The van der Waals surface area contributed by atoms with Gasteiger partial charge in [-0.1, -0.05) is 61.1 Å². The molecule has 1 aliphatic carbocycles. The fraction of sp³-hybridized carbons (Fsp3) is 0.349. The van der Waals surface area contributed by atoms with E-state index in [0.29, 0.717) is 59.4 Å². The number of ether oxygens (including phenoxy) is 1. The number of hydrogen-bond donors (Lipinski definition) is 5. The van der Waals surface area contributed by atoms with Gasteiger partial charge >= 0.3 is 0 Å². The molecule has 1 aliphatic heterocycles. The molecule has 5 rings (SSSR count). The zero-order valence-electron chi connectivity index (χ0n) is 29.7. The van der Waals surface area contributed by atoms with E-state index in [2.05, 4.69) is 16.8 Å². The summed E-state index contributed by atoms with van der Waals surface area (Å²) in [5.41, 5.74) is 17.6. The number of ketones is 1. The number of nitrogens with zero attached hydrogens (tertiary/aromatic N) is 1. The summed E-state index contributed by atoms with van der Waals surface area (Å²) in [6, 6.07) is 16.0. The smallest absolute Gasteiger partial charge is 0.161 e. The quantitative estimate of drug-likeness (QED) is 0.0532. The maximum Gasteiger partial charge on any atom is 0.161 e. The van der Waals surface area contributed by atoms with E-state index in [0.717, 1.165) is 48.8 Å². The molecule has 0 aromatic heterocycles. The maximum absolute atomic E-state index is 13.6. The van der Waals surface area contributed by atoms with Gasteiger partial charge in [-0.05, 0) is 103 Å². The molecule has 2 atom stereocenters. The number of rotatable bonds is 16. The van der Waals surface area contributed by atoms with Crippen LogP contribution in [0, 0.1) is 11.8 Å². The van der Waals surface area contributed by atoms with E-state index in [1.165, 1.54) is 0 Å². The first kappa shape index (κ1) is 38.1. The molecule has 9 nitrogen and oxygen atoms in total. The predicted octanol–water partition coefficient (Wildman–Crippen LogP) is 5.88. The molecule has 1 heterocycles. The number of fused-ring (bicyclic) bond motifs is 2. The van der Waals surface area contributed by atoms with Crippen molar-refractivity contribution < 1.29 is 30.0 Å². The number of aliphatic hydroxyl groups excluding tert-OH is 1. The molecule has 7 N–H and O–H groups in total. The number of benzene rings is 3. The largest absolute Gasteiger partial charge is 0.875 e. The molecule has 52 heavy (non-hydrogen) atoms. The van der Waals surface area contributed by atoms with Gasteiger partial charge in [-0.3, -0.25) is 9.79 Å². The molecule has 0 amide bonds. The lowest BCUT2D eigenvalue weighted by Crippen LogP contribution is -2.21. The average Bonchev–Trinajstić information content (AvgIpc) is 3.60. The molecular formula is C43H48N3O6-. The Labute approximate surface area is 306 Å². The van der Waals surface area contributed by atoms with E-state index in [-0.39, 0.29) is 42.2 Å². The molecular weight excluding hydrogens is 654 g/mol. The third kappa shape index (κ3) is 10.5. The van der Waals surface area contributed by atoms with Gasteiger partial charge in [0.25, 0.3) is 0 Å². The number of aryl methyl sites for hydroxylation is 1. The lowest BCUT2D eigenvalue weighted by Gasteiger charge is -2.27. The van der Waals surface area contributed by atoms with Crippen LogP contribution in [0.2, 0.25) is 0 Å². The molecule has 0 bridgehead atoms. The Kier molecular flexibility index (Phi) is 13.5. The van der Waals surface area contributed by atoms with Crippen molar-refractivity contribution in [3.05, 3.63) is 124 Å². The molecule has 2 unspecified atom stereocenters.